The summed E-state index contributed by atoms with van der Waals surface area (Å²) in [6.07, 6.45) is 6.48. The number of aliphatic hydroxyl groups is 1. The molecular weight excluding hydrogens is 451 g/mol. The van der Waals surface area contributed by atoms with E-state index in [2.05, 4.69) is 20.2 Å². The normalized spacial score (nSPS) is 14.6. The SMILES string of the molecule is Cn1ccc(-c2cn3cc(C(=O)NC[C@H](O)CN4CCc5cc(F)ccc5C4)nc3cn2)cc1=O. The molecule has 1 aromatic carbocycles. The fourth-order valence-corrected chi connectivity index (χ4v) is 4.26. The predicted molar refractivity (Wildman–Crippen MR) is 127 cm³/mol. The number of β-amino-alcohol motifs (C(OH)–C–C–N with tert-alkyl or cyclic N) is 1. The molecule has 0 radical (unpaired) electrons. The van der Waals surface area contributed by atoms with E-state index in [1.165, 1.54) is 16.7 Å². The maximum Gasteiger partial charge on any atom is 0.271 e. The van der Waals surface area contributed by atoms with Gasteiger partial charge in [-0.2, -0.15) is 0 Å². The molecule has 0 bridgehead atoms. The topological polar surface area (TPSA) is 105 Å². The van der Waals surface area contributed by atoms with E-state index in [9.17, 15) is 19.1 Å². The van der Waals surface area contributed by atoms with Crippen molar-refractivity contribution in [2.24, 2.45) is 7.05 Å². The fraction of sp³-hybridized carbons (Fsp3) is 0.280. The Labute approximate surface area is 200 Å². The summed E-state index contributed by atoms with van der Waals surface area (Å²) in [5, 5.41) is 13.2. The smallest absolute Gasteiger partial charge is 0.271 e. The van der Waals surface area contributed by atoms with Gasteiger partial charge in [0.15, 0.2) is 5.65 Å². The van der Waals surface area contributed by atoms with E-state index < -0.39 is 12.0 Å². The number of hydrogen-bond acceptors (Lipinski definition) is 6. The molecule has 1 aliphatic heterocycles. The first-order chi connectivity index (χ1) is 16.9. The van der Waals surface area contributed by atoms with Gasteiger partial charge in [-0.3, -0.25) is 19.5 Å². The second-order valence-corrected chi connectivity index (χ2v) is 8.79. The third-order valence-corrected chi connectivity index (χ3v) is 6.20. The van der Waals surface area contributed by atoms with Crippen molar-refractivity contribution < 1.29 is 14.3 Å². The quantitative estimate of drug-likeness (QED) is 0.436. The number of carbonyl (C=O) groups excluding carboxylic acids is 1. The van der Waals surface area contributed by atoms with Crippen molar-refractivity contribution in [1.82, 2.24) is 29.2 Å². The van der Waals surface area contributed by atoms with Gasteiger partial charge in [-0.15, -0.1) is 0 Å². The summed E-state index contributed by atoms with van der Waals surface area (Å²) >= 11 is 0. The molecule has 2 N–H and O–H groups in total. The molecule has 0 unspecified atom stereocenters. The molecule has 4 heterocycles. The molecule has 5 rings (SSSR count). The Balaban J connectivity index is 1.20. The lowest BCUT2D eigenvalue weighted by atomic mass is 9.99. The standard InChI is InChI=1S/C25H25FN6O3/c1-30-6-4-17(9-24(30)34)21-14-32-15-22(29-23(32)11-27-21)25(35)28-10-20(33)13-31-7-5-16-8-19(26)3-2-18(16)12-31/h2-4,6,8-9,11,14-15,20,33H,5,7,10,12-13H2,1H3,(H,28,35)/t20-/m0/s1. The first-order valence-corrected chi connectivity index (χ1v) is 11.3. The lowest BCUT2D eigenvalue weighted by molar-refractivity contribution is 0.0838. The fourth-order valence-electron chi connectivity index (χ4n) is 4.26. The first kappa shape index (κ1) is 22.9. The van der Waals surface area contributed by atoms with Crippen molar-refractivity contribution in [3.05, 3.63) is 88.1 Å². The molecule has 0 aliphatic carbocycles. The molecule has 0 saturated carbocycles. The van der Waals surface area contributed by atoms with Gasteiger partial charge in [0.2, 0.25) is 0 Å². The number of hydrogen-bond donors (Lipinski definition) is 2. The number of pyridine rings is 1. The van der Waals surface area contributed by atoms with Crippen LogP contribution in [0.3, 0.4) is 0 Å². The molecule has 1 atom stereocenters. The number of nitrogens with zero attached hydrogens (tertiary/aromatic N) is 5. The van der Waals surface area contributed by atoms with Crippen molar-refractivity contribution in [2.45, 2.75) is 19.1 Å². The van der Waals surface area contributed by atoms with Crippen LogP contribution in [0.5, 0.6) is 0 Å². The van der Waals surface area contributed by atoms with Crippen LogP contribution < -0.4 is 10.9 Å². The molecule has 10 heteroatoms. The molecule has 1 amide bonds. The van der Waals surface area contributed by atoms with Gasteiger partial charge >= 0.3 is 0 Å². The molecule has 1 aliphatic rings. The Kier molecular flexibility index (Phi) is 6.14. The highest BCUT2D eigenvalue weighted by Crippen LogP contribution is 2.20. The van der Waals surface area contributed by atoms with Gasteiger partial charge < -0.3 is 19.4 Å². The van der Waals surface area contributed by atoms with Crippen molar-refractivity contribution >= 4 is 11.6 Å². The Hall–Kier alpha value is -3.89. The number of amides is 1. The molecule has 0 fully saturated rings. The monoisotopic (exact) mass is 476 g/mol. The van der Waals surface area contributed by atoms with E-state index >= 15 is 0 Å². The zero-order valence-corrected chi connectivity index (χ0v) is 19.2. The minimum absolute atomic E-state index is 0.0797. The molecule has 3 aromatic heterocycles. The van der Waals surface area contributed by atoms with Gasteiger partial charge in [0.05, 0.1) is 18.0 Å². The number of aliphatic hydroxyl groups excluding tert-OH is 1. The lowest BCUT2D eigenvalue weighted by Crippen LogP contribution is -2.42. The average Bonchev–Trinajstić information content (AvgIpc) is 3.28. The van der Waals surface area contributed by atoms with Gasteiger partial charge in [0.25, 0.3) is 11.5 Å². The van der Waals surface area contributed by atoms with E-state index in [-0.39, 0.29) is 23.6 Å². The highest BCUT2D eigenvalue weighted by molar-refractivity contribution is 5.92. The Bertz CT molecular complexity index is 1460. The maximum absolute atomic E-state index is 13.4. The Morgan fingerprint density at radius 3 is 2.91 bits per heavy atom. The number of rotatable bonds is 6. The van der Waals surface area contributed by atoms with E-state index in [0.29, 0.717) is 30.0 Å². The van der Waals surface area contributed by atoms with Crippen LogP contribution in [0.2, 0.25) is 0 Å². The summed E-state index contributed by atoms with van der Waals surface area (Å²) in [5.74, 6) is -0.632. The van der Waals surface area contributed by atoms with Crippen LogP contribution >= 0.6 is 0 Å². The van der Waals surface area contributed by atoms with Crippen LogP contribution in [0.1, 0.15) is 21.6 Å². The largest absolute Gasteiger partial charge is 0.390 e. The van der Waals surface area contributed by atoms with Crippen molar-refractivity contribution in [3.63, 3.8) is 0 Å². The van der Waals surface area contributed by atoms with Crippen molar-refractivity contribution in [3.8, 4) is 11.3 Å². The number of aryl methyl sites for hydroxylation is 1. The van der Waals surface area contributed by atoms with Crippen LogP contribution in [0.15, 0.2) is 59.9 Å². The van der Waals surface area contributed by atoms with E-state index in [4.69, 9.17) is 0 Å². The van der Waals surface area contributed by atoms with Crippen LogP contribution in [0.25, 0.3) is 16.9 Å². The Morgan fingerprint density at radius 1 is 1.23 bits per heavy atom. The van der Waals surface area contributed by atoms with Gasteiger partial charge in [0.1, 0.15) is 11.5 Å². The summed E-state index contributed by atoms with van der Waals surface area (Å²) in [6.45, 7) is 1.83. The third kappa shape index (κ3) is 4.98. The minimum Gasteiger partial charge on any atom is -0.390 e. The number of carbonyl (C=O) groups is 1. The molecule has 0 saturated heterocycles. The summed E-state index contributed by atoms with van der Waals surface area (Å²) in [6, 6.07) is 8.09. The van der Waals surface area contributed by atoms with Gasteiger partial charge in [-0.25, -0.2) is 9.37 Å². The zero-order valence-electron chi connectivity index (χ0n) is 19.2. The van der Waals surface area contributed by atoms with Crippen LogP contribution in [0.4, 0.5) is 4.39 Å². The summed E-state index contributed by atoms with van der Waals surface area (Å²) in [5.41, 5.74) is 3.87. The van der Waals surface area contributed by atoms with Gasteiger partial charge in [0, 0.05) is 63.4 Å². The van der Waals surface area contributed by atoms with Crippen LogP contribution in [-0.4, -0.2) is 60.6 Å². The summed E-state index contributed by atoms with van der Waals surface area (Å²) in [7, 11) is 1.67. The van der Waals surface area contributed by atoms with Gasteiger partial charge in [-0.05, 0) is 35.7 Å². The van der Waals surface area contributed by atoms with E-state index in [0.717, 1.165) is 24.1 Å². The van der Waals surface area contributed by atoms with Crippen molar-refractivity contribution in [2.75, 3.05) is 19.6 Å². The maximum atomic E-state index is 13.4. The molecular formula is C25H25FN6O3. The predicted octanol–water partition coefficient (Wildman–Crippen LogP) is 1.38. The van der Waals surface area contributed by atoms with Gasteiger partial charge in [-0.1, -0.05) is 6.07 Å². The second-order valence-electron chi connectivity index (χ2n) is 8.79. The number of halogens is 1. The molecule has 0 spiro atoms. The highest BCUT2D eigenvalue weighted by atomic mass is 19.1. The first-order valence-electron chi connectivity index (χ1n) is 11.3. The average molecular weight is 477 g/mol. The zero-order chi connectivity index (χ0) is 24.5. The molecule has 35 heavy (non-hydrogen) atoms. The number of aromatic nitrogens is 4. The molecule has 9 nitrogen and oxygen atoms in total. The number of fused-ring (bicyclic) bond motifs is 2. The number of imidazole rings is 1. The number of benzene rings is 1. The third-order valence-electron chi connectivity index (χ3n) is 6.20. The summed E-state index contributed by atoms with van der Waals surface area (Å²) in [4.78, 5) is 35.3. The van der Waals surface area contributed by atoms with Crippen molar-refractivity contribution in [1.29, 1.82) is 0 Å². The lowest BCUT2D eigenvalue weighted by Gasteiger charge is -2.30. The summed E-state index contributed by atoms with van der Waals surface area (Å²) < 4.78 is 16.5. The van der Waals surface area contributed by atoms with E-state index in [1.54, 1.807) is 54.4 Å². The highest BCUT2D eigenvalue weighted by Gasteiger charge is 2.20. The van der Waals surface area contributed by atoms with Crippen LogP contribution in [-0.2, 0) is 20.0 Å². The number of nitrogens with one attached hydrogen (secondary N) is 1. The minimum atomic E-state index is -0.757. The van der Waals surface area contributed by atoms with E-state index in [1.807, 2.05) is 0 Å². The van der Waals surface area contributed by atoms with Crippen LogP contribution in [0, 0.1) is 5.82 Å². The Morgan fingerprint density at radius 2 is 2.09 bits per heavy atom. The molecule has 4 aromatic rings. The second kappa shape index (κ2) is 9.40. The molecule has 180 valence electrons.